The van der Waals surface area contributed by atoms with E-state index in [0.29, 0.717) is 0 Å². The third-order valence-corrected chi connectivity index (χ3v) is 2.90. The summed E-state index contributed by atoms with van der Waals surface area (Å²) in [6.07, 6.45) is 4.11. The molecule has 0 bridgehead atoms. The molecule has 1 unspecified atom stereocenters. The molecule has 0 aliphatic heterocycles. The lowest BCUT2D eigenvalue weighted by Gasteiger charge is -2.28. The van der Waals surface area contributed by atoms with E-state index in [1.807, 2.05) is 19.3 Å². The maximum atomic E-state index is 9.35. The Morgan fingerprint density at radius 2 is 2.27 bits per heavy atom. The summed E-state index contributed by atoms with van der Waals surface area (Å²) in [5, 5.41) is 12.8. The van der Waals surface area contributed by atoms with Gasteiger partial charge in [0.1, 0.15) is 0 Å². The molecular weight excluding hydrogens is 188 g/mol. The van der Waals surface area contributed by atoms with Gasteiger partial charge in [-0.15, -0.1) is 0 Å². The molecule has 0 aliphatic carbocycles. The Balaban J connectivity index is 2.51. The van der Waals surface area contributed by atoms with Crippen LogP contribution in [0.3, 0.4) is 0 Å². The van der Waals surface area contributed by atoms with Gasteiger partial charge in [0.25, 0.3) is 0 Å². The van der Waals surface area contributed by atoms with Crippen molar-refractivity contribution in [1.29, 1.82) is 0 Å². The Hall–Kier alpha value is -0.800. The van der Waals surface area contributed by atoms with Crippen LogP contribution in [0.2, 0.25) is 0 Å². The molecule has 0 saturated carbocycles. The van der Waals surface area contributed by atoms with E-state index in [2.05, 4.69) is 29.8 Å². The lowest BCUT2D eigenvalue weighted by atomic mass is 9.97. The minimum Gasteiger partial charge on any atom is -0.394 e. The SMILES string of the molecule is CCCC(C)(CO)NCc1cccn1C. The van der Waals surface area contributed by atoms with Crippen molar-refractivity contribution >= 4 is 0 Å². The zero-order chi connectivity index (χ0) is 11.3. The van der Waals surface area contributed by atoms with E-state index < -0.39 is 0 Å². The first kappa shape index (κ1) is 12.3. The fourth-order valence-electron chi connectivity index (χ4n) is 1.76. The number of aliphatic hydroxyl groups excluding tert-OH is 1. The highest BCUT2D eigenvalue weighted by atomic mass is 16.3. The number of rotatable bonds is 6. The van der Waals surface area contributed by atoms with Gasteiger partial charge < -0.3 is 15.0 Å². The highest BCUT2D eigenvalue weighted by Crippen LogP contribution is 2.12. The van der Waals surface area contributed by atoms with Crippen LogP contribution in [0.15, 0.2) is 18.3 Å². The number of aliphatic hydroxyl groups is 1. The van der Waals surface area contributed by atoms with Gasteiger partial charge in [-0.2, -0.15) is 0 Å². The third-order valence-electron chi connectivity index (χ3n) is 2.90. The Kier molecular flexibility index (Phi) is 4.36. The summed E-state index contributed by atoms with van der Waals surface area (Å²) in [5.74, 6) is 0. The zero-order valence-electron chi connectivity index (χ0n) is 9.95. The number of hydrogen-bond donors (Lipinski definition) is 2. The molecule has 1 atom stereocenters. The summed E-state index contributed by atoms with van der Waals surface area (Å²) in [5.41, 5.74) is 1.09. The molecule has 0 radical (unpaired) electrons. The molecule has 2 N–H and O–H groups in total. The molecule has 15 heavy (non-hydrogen) atoms. The van der Waals surface area contributed by atoms with Gasteiger partial charge in [0, 0.05) is 31.0 Å². The van der Waals surface area contributed by atoms with Crippen molar-refractivity contribution < 1.29 is 5.11 Å². The number of nitrogens with zero attached hydrogens (tertiary/aromatic N) is 1. The van der Waals surface area contributed by atoms with Gasteiger partial charge in [0.05, 0.1) is 6.61 Å². The van der Waals surface area contributed by atoms with Crippen molar-refractivity contribution in [3.8, 4) is 0 Å². The van der Waals surface area contributed by atoms with Gasteiger partial charge in [0.2, 0.25) is 0 Å². The van der Waals surface area contributed by atoms with Crippen LogP contribution in [0.4, 0.5) is 0 Å². The lowest BCUT2D eigenvalue weighted by Crippen LogP contribution is -2.45. The highest BCUT2D eigenvalue weighted by molar-refractivity contribution is 5.06. The predicted octanol–water partition coefficient (Wildman–Crippen LogP) is 1.67. The number of aryl methyl sites for hydroxylation is 1. The Morgan fingerprint density at radius 3 is 2.73 bits per heavy atom. The molecule has 1 rings (SSSR count). The van der Waals surface area contributed by atoms with E-state index in [0.717, 1.165) is 19.4 Å². The summed E-state index contributed by atoms with van der Waals surface area (Å²) in [6, 6.07) is 4.13. The molecule has 0 saturated heterocycles. The lowest BCUT2D eigenvalue weighted by molar-refractivity contribution is 0.162. The Bertz CT molecular complexity index is 296. The molecule has 1 aromatic rings. The van der Waals surface area contributed by atoms with Crippen molar-refractivity contribution in [2.75, 3.05) is 6.61 Å². The molecular formula is C12H22N2O. The minimum absolute atomic E-state index is 0.154. The van der Waals surface area contributed by atoms with Gasteiger partial charge in [0.15, 0.2) is 0 Å². The van der Waals surface area contributed by atoms with Gasteiger partial charge >= 0.3 is 0 Å². The smallest absolute Gasteiger partial charge is 0.0610 e. The molecule has 1 heterocycles. The van der Waals surface area contributed by atoms with Crippen LogP contribution in [0.1, 0.15) is 32.4 Å². The van der Waals surface area contributed by atoms with E-state index in [9.17, 15) is 5.11 Å². The van der Waals surface area contributed by atoms with E-state index in [1.165, 1.54) is 5.69 Å². The van der Waals surface area contributed by atoms with Crippen LogP contribution in [-0.4, -0.2) is 21.8 Å². The second-order valence-corrected chi connectivity index (χ2v) is 4.43. The molecule has 3 heteroatoms. The molecule has 0 aromatic carbocycles. The van der Waals surface area contributed by atoms with Gasteiger partial charge in [-0.25, -0.2) is 0 Å². The molecule has 1 aromatic heterocycles. The van der Waals surface area contributed by atoms with Gasteiger partial charge in [-0.05, 0) is 25.5 Å². The molecule has 0 aliphatic rings. The molecule has 3 nitrogen and oxygen atoms in total. The Morgan fingerprint density at radius 1 is 1.53 bits per heavy atom. The van der Waals surface area contributed by atoms with E-state index in [-0.39, 0.29) is 12.1 Å². The van der Waals surface area contributed by atoms with Crippen LogP contribution < -0.4 is 5.32 Å². The van der Waals surface area contributed by atoms with Crippen LogP contribution in [0, 0.1) is 0 Å². The fraction of sp³-hybridized carbons (Fsp3) is 0.667. The van der Waals surface area contributed by atoms with Crippen LogP contribution >= 0.6 is 0 Å². The summed E-state index contributed by atoms with van der Waals surface area (Å²) in [7, 11) is 2.03. The van der Waals surface area contributed by atoms with Crippen molar-refractivity contribution in [2.45, 2.75) is 38.8 Å². The Labute approximate surface area is 92.1 Å². The van der Waals surface area contributed by atoms with E-state index in [4.69, 9.17) is 0 Å². The third kappa shape index (κ3) is 3.36. The maximum Gasteiger partial charge on any atom is 0.0610 e. The zero-order valence-corrected chi connectivity index (χ0v) is 9.95. The number of hydrogen-bond acceptors (Lipinski definition) is 2. The van der Waals surface area contributed by atoms with E-state index >= 15 is 0 Å². The predicted molar refractivity (Wildman–Crippen MR) is 62.7 cm³/mol. The number of aromatic nitrogens is 1. The standard InChI is InChI=1S/C12H22N2O/c1-4-7-12(2,10-15)13-9-11-6-5-8-14(11)3/h5-6,8,13,15H,4,7,9-10H2,1-3H3. The molecule has 0 fully saturated rings. The van der Waals surface area contributed by atoms with Crippen LogP contribution in [0.25, 0.3) is 0 Å². The minimum atomic E-state index is -0.154. The second kappa shape index (κ2) is 5.33. The quantitative estimate of drug-likeness (QED) is 0.749. The largest absolute Gasteiger partial charge is 0.394 e. The van der Waals surface area contributed by atoms with Crippen LogP contribution in [0.5, 0.6) is 0 Å². The normalized spacial score (nSPS) is 15.2. The molecule has 86 valence electrons. The first-order valence-corrected chi connectivity index (χ1v) is 5.57. The average molecular weight is 210 g/mol. The molecule has 0 spiro atoms. The van der Waals surface area contributed by atoms with Crippen molar-refractivity contribution in [3.05, 3.63) is 24.0 Å². The van der Waals surface area contributed by atoms with Crippen molar-refractivity contribution in [1.82, 2.24) is 9.88 Å². The highest BCUT2D eigenvalue weighted by Gasteiger charge is 2.21. The first-order chi connectivity index (χ1) is 7.11. The maximum absolute atomic E-state index is 9.35. The average Bonchev–Trinajstić information content (AvgIpc) is 2.62. The summed E-state index contributed by atoms with van der Waals surface area (Å²) in [4.78, 5) is 0. The van der Waals surface area contributed by atoms with Gasteiger partial charge in [-0.1, -0.05) is 13.3 Å². The monoisotopic (exact) mass is 210 g/mol. The topological polar surface area (TPSA) is 37.2 Å². The second-order valence-electron chi connectivity index (χ2n) is 4.43. The van der Waals surface area contributed by atoms with Gasteiger partial charge in [-0.3, -0.25) is 0 Å². The fourth-order valence-corrected chi connectivity index (χ4v) is 1.76. The van der Waals surface area contributed by atoms with Crippen molar-refractivity contribution in [2.24, 2.45) is 7.05 Å². The van der Waals surface area contributed by atoms with Crippen LogP contribution in [-0.2, 0) is 13.6 Å². The first-order valence-electron chi connectivity index (χ1n) is 5.57. The summed E-state index contributed by atoms with van der Waals surface area (Å²) >= 11 is 0. The molecule has 0 amide bonds. The summed E-state index contributed by atoms with van der Waals surface area (Å²) in [6.45, 7) is 5.20. The van der Waals surface area contributed by atoms with Crippen molar-refractivity contribution in [3.63, 3.8) is 0 Å². The summed E-state index contributed by atoms with van der Waals surface area (Å²) < 4.78 is 2.09. The number of nitrogens with one attached hydrogen (secondary N) is 1. The van der Waals surface area contributed by atoms with E-state index in [1.54, 1.807) is 0 Å².